The Balaban J connectivity index is 4.85. The van der Waals surface area contributed by atoms with Crippen LogP contribution in [0.1, 0.15) is 85.0 Å². The first kappa shape index (κ1) is 18.1. The van der Waals surface area contributed by atoms with Crippen molar-refractivity contribution in [2.45, 2.75) is 85.0 Å². The van der Waals surface area contributed by atoms with E-state index in [1.54, 1.807) is 0 Å². The number of Topliss-reactive ketones (excluding diaryl/α,β-unsaturated/α-hetero) is 1. The topological polar surface area (TPSA) is 54.4 Å². The molecule has 3 nitrogen and oxygen atoms in total. The van der Waals surface area contributed by atoms with E-state index in [1.807, 2.05) is 13.8 Å². The Bertz CT molecular complexity index is 263. The summed E-state index contributed by atoms with van der Waals surface area (Å²) in [5.41, 5.74) is -1.11. The number of hydrogen-bond donors (Lipinski definition) is 1. The van der Waals surface area contributed by atoms with E-state index in [0.717, 1.165) is 44.9 Å². The Morgan fingerprint density at radius 3 is 1.68 bits per heavy atom. The minimum atomic E-state index is -1.11. The lowest BCUT2D eigenvalue weighted by molar-refractivity contribution is -0.156. The quantitative estimate of drug-likeness (QED) is 0.417. The number of rotatable bonds is 12. The van der Waals surface area contributed by atoms with E-state index in [1.165, 1.54) is 0 Å². The van der Waals surface area contributed by atoms with Crippen LogP contribution >= 0.6 is 0 Å². The highest BCUT2D eigenvalue weighted by molar-refractivity contribution is 6.03. The average molecular weight is 270 g/mol. The Hall–Kier alpha value is -0.860. The minimum Gasteiger partial charge on any atom is -0.480 e. The molecule has 0 atom stereocenters. The maximum absolute atomic E-state index is 12.4. The maximum atomic E-state index is 12.4. The van der Waals surface area contributed by atoms with Crippen LogP contribution in [0.25, 0.3) is 0 Å². The van der Waals surface area contributed by atoms with Gasteiger partial charge in [-0.1, -0.05) is 59.3 Å². The van der Waals surface area contributed by atoms with Crippen LogP contribution in [0.15, 0.2) is 0 Å². The normalized spacial score (nSPS) is 11.5. The molecule has 0 amide bonds. The molecule has 0 fully saturated rings. The smallest absolute Gasteiger partial charge is 0.317 e. The summed E-state index contributed by atoms with van der Waals surface area (Å²) in [6, 6.07) is 0. The predicted octanol–water partition coefficient (Wildman–Crippen LogP) is 4.59. The number of carbonyl (C=O) groups excluding carboxylic acids is 1. The highest BCUT2D eigenvalue weighted by Gasteiger charge is 2.43. The van der Waals surface area contributed by atoms with Gasteiger partial charge in [0.25, 0.3) is 0 Å². The van der Waals surface area contributed by atoms with Gasteiger partial charge >= 0.3 is 5.97 Å². The van der Waals surface area contributed by atoms with Crippen molar-refractivity contribution in [1.29, 1.82) is 0 Å². The van der Waals surface area contributed by atoms with Crippen LogP contribution in [0.4, 0.5) is 0 Å². The zero-order valence-electron chi connectivity index (χ0n) is 12.8. The largest absolute Gasteiger partial charge is 0.480 e. The van der Waals surface area contributed by atoms with Crippen molar-refractivity contribution in [2.75, 3.05) is 0 Å². The Labute approximate surface area is 117 Å². The molecule has 0 aliphatic heterocycles. The average Bonchev–Trinajstić information content (AvgIpc) is 2.39. The van der Waals surface area contributed by atoms with Gasteiger partial charge in [-0.3, -0.25) is 9.59 Å². The molecule has 112 valence electrons. The molecule has 0 saturated heterocycles. The molecule has 0 aliphatic rings. The highest BCUT2D eigenvalue weighted by atomic mass is 16.4. The summed E-state index contributed by atoms with van der Waals surface area (Å²) >= 11 is 0. The number of carboxylic acid groups (broad SMARTS) is 1. The van der Waals surface area contributed by atoms with Crippen molar-refractivity contribution in [3.63, 3.8) is 0 Å². The fraction of sp³-hybridized carbons (Fsp3) is 0.875. The summed E-state index contributed by atoms with van der Waals surface area (Å²) in [6.07, 6.45) is 7.81. The Morgan fingerprint density at radius 2 is 1.32 bits per heavy atom. The van der Waals surface area contributed by atoms with Crippen molar-refractivity contribution in [3.05, 3.63) is 0 Å². The molecule has 0 aromatic heterocycles. The first-order chi connectivity index (χ1) is 9.05. The van der Waals surface area contributed by atoms with E-state index in [9.17, 15) is 14.7 Å². The fourth-order valence-electron chi connectivity index (χ4n) is 2.47. The summed E-state index contributed by atoms with van der Waals surface area (Å²) in [5.74, 6) is -0.953. The molecule has 0 saturated carbocycles. The van der Waals surface area contributed by atoms with E-state index < -0.39 is 11.4 Å². The molecular formula is C16H30O3. The number of ketones is 1. The number of aliphatic carboxylic acids is 1. The van der Waals surface area contributed by atoms with Gasteiger partial charge in [0.2, 0.25) is 0 Å². The first-order valence-corrected chi connectivity index (χ1v) is 7.81. The van der Waals surface area contributed by atoms with Gasteiger partial charge in [-0.05, 0) is 19.3 Å². The summed E-state index contributed by atoms with van der Waals surface area (Å²) in [7, 11) is 0. The van der Waals surface area contributed by atoms with Crippen LogP contribution in [0.2, 0.25) is 0 Å². The van der Waals surface area contributed by atoms with E-state index >= 15 is 0 Å². The van der Waals surface area contributed by atoms with E-state index in [0.29, 0.717) is 19.3 Å². The minimum absolute atomic E-state index is 0.0460. The molecule has 0 aromatic carbocycles. The lowest BCUT2D eigenvalue weighted by Gasteiger charge is -2.28. The third kappa shape index (κ3) is 5.75. The molecule has 0 unspecified atom stereocenters. The molecule has 1 N–H and O–H groups in total. The van der Waals surface area contributed by atoms with Gasteiger partial charge in [-0.25, -0.2) is 0 Å². The van der Waals surface area contributed by atoms with Crippen LogP contribution in [-0.2, 0) is 9.59 Å². The summed E-state index contributed by atoms with van der Waals surface area (Å²) in [6.45, 7) is 6.16. The SMILES string of the molecule is CCCCCC(=O)C(CCCC)(CCCC)C(=O)O. The van der Waals surface area contributed by atoms with E-state index in [-0.39, 0.29) is 5.78 Å². The monoisotopic (exact) mass is 270 g/mol. The third-order valence-electron chi connectivity index (χ3n) is 3.86. The lowest BCUT2D eigenvalue weighted by atomic mass is 9.73. The van der Waals surface area contributed by atoms with Crippen molar-refractivity contribution in [2.24, 2.45) is 5.41 Å². The van der Waals surface area contributed by atoms with E-state index in [2.05, 4.69) is 6.92 Å². The van der Waals surface area contributed by atoms with Crippen LogP contribution < -0.4 is 0 Å². The second-order valence-electron chi connectivity index (χ2n) is 5.47. The predicted molar refractivity (Wildman–Crippen MR) is 78.3 cm³/mol. The molecule has 19 heavy (non-hydrogen) atoms. The van der Waals surface area contributed by atoms with Gasteiger partial charge < -0.3 is 5.11 Å². The Kier molecular flexibility index (Phi) is 9.54. The molecule has 0 spiro atoms. The lowest BCUT2D eigenvalue weighted by Crippen LogP contribution is -2.39. The van der Waals surface area contributed by atoms with Gasteiger partial charge in [0, 0.05) is 6.42 Å². The standard InChI is InChI=1S/C16H30O3/c1-4-7-10-11-14(17)16(15(18)19,12-8-5-2)13-9-6-3/h4-13H2,1-3H3,(H,18,19). The van der Waals surface area contributed by atoms with Crippen molar-refractivity contribution >= 4 is 11.8 Å². The second kappa shape index (κ2) is 9.99. The molecule has 0 aromatic rings. The molecule has 3 heteroatoms. The van der Waals surface area contributed by atoms with Gasteiger partial charge in [-0.15, -0.1) is 0 Å². The van der Waals surface area contributed by atoms with Gasteiger partial charge in [-0.2, -0.15) is 0 Å². The summed E-state index contributed by atoms with van der Waals surface area (Å²) < 4.78 is 0. The van der Waals surface area contributed by atoms with Gasteiger partial charge in [0.15, 0.2) is 0 Å². The summed E-state index contributed by atoms with van der Waals surface area (Å²) in [4.78, 5) is 24.1. The summed E-state index contributed by atoms with van der Waals surface area (Å²) in [5, 5.41) is 9.58. The fourth-order valence-corrected chi connectivity index (χ4v) is 2.47. The number of carboxylic acids is 1. The second-order valence-corrected chi connectivity index (χ2v) is 5.47. The molecule has 0 aliphatic carbocycles. The van der Waals surface area contributed by atoms with Crippen LogP contribution in [0, 0.1) is 5.41 Å². The van der Waals surface area contributed by atoms with Crippen LogP contribution in [-0.4, -0.2) is 16.9 Å². The molecule has 0 heterocycles. The number of carbonyl (C=O) groups is 2. The van der Waals surface area contributed by atoms with Crippen molar-refractivity contribution in [1.82, 2.24) is 0 Å². The zero-order chi connectivity index (χ0) is 14.7. The van der Waals surface area contributed by atoms with E-state index in [4.69, 9.17) is 0 Å². The van der Waals surface area contributed by atoms with Crippen LogP contribution in [0.5, 0.6) is 0 Å². The molecular weight excluding hydrogens is 240 g/mol. The molecule has 0 radical (unpaired) electrons. The number of hydrogen-bond acceptors (Lipinski definition) is 2. The molecule has 0 bridgehead atoms. The van der Waals surface area contributed by atoms with Crippen molar-refractivity contribution in [3.8, 4) is 0 Å². The van der Waals surface area contributed by atoms with Crippen LogP contribution in [0.3, 0.4) is 0 Å². The van der Waals surface area contributed by atoms with Gasteiger partial charge in [0.1, 0.15) is 11.2 Å². The zero-order valence-corrected chi connectivity index (χ0v) is 12.8. The number of unbranched alkanes of at least 4 members (excludes halogenated alkanes) is 4. The highest BCUT2D eigenvalue weighted by Crippen LogP contribution is 2.34. The maximum Gasteiger partial charge on any atom is 0.317 e. The Morgan fingerprint density at radius 1 is 0.842 bits per heavy atom. The first-order valence-electron chi connectivity index (χ1n) is 7.81. The van der Waals surface area contributed by atoms with Crippen molar-refractivity contribution < 1.29 is 14.7 Å². The third-order valence-corrected chi connectivity index (χ3v) is 3.86. The molecule has 0 rings (SSSR count). The van der Waals surface area contributed by atoms with Gasteiger partial charge in [0.05, 0.1) is 0 Å².